The fraction of sp³-hybridized carbons (Fsp3) is 0.286. The highest BCUT2D eigenvalue weighted by molar-refractivity contribution is 5.98. The molecule has 2 aromatic rings. The highest BCUT2D eigenvalue weighted by Gasteiger charge is 2.10. The van der Waals surface area contributed by atoms with Crippen molar-refractivity contribution in [1.29, 1.82) is 0 Å². The zero-order valence-corrected chi connectivity index (χ0v) is 10.5. The fourth-order valence-corrected chi connectivity index (χ4v) is 1.78. The SMILES string of the molecule is C=C(C)CCC(=O)c1ccc2c(c1)oc(=O)n2C. The van der Waals surface area contributed by atoms with Crippen LogP contribution in [0.3, 0.4) is 0 Å². The molecule has 0 aliphatic rings. The summed E-state index contributed by atoms with van der Waals surface area (Å²) < 4.78 is 6.47. The summed E-state index contributed by atoms with van der Waals surface area (Å²) in [6.45, 7) is 5.67. The predicted octanol–water partition coefficient (Wildman–Crippen LogP) is 2.67. The van der Waals surface area contributed by atoms with Crippen LogP contribution in [0.1, 0.15) is 30.1 Å². The van der Waals surface area contributed by atoms with Gasteiger partial charge in [-0.25, -0.2) is 4.79 Å². The molecule has 1 heterocycles. The lowest BCUT2D eigenvalue weighted by Crippen LogP contribution is -2.08. The molecule has 0 saturated heterocycles. The van der Waals surface area contributed by atoms with Crippen molar-refractivity contribution in [3.05, 3.63) is 46.5 Å². The van der Waals surface area contributed by atoms with Gasteiger partial charge >= 0.3 is 5.76 Å². The molecule has 0 spiro atoms. The van der Waals surface area contributed by atoms with Crippen molar-refractivity contribution >= 4 is 16.9 Å². The lowest BCUT2D eigenvalue weighted by molar-refractivity contribution is 0.0983. The van der Waals surface area contributed by atoms with Gasteiger partial charge in [0.05, 0.1) is 5.52 Å². The van der Waals surface area contributed by atoms with Gasteiger partial charge in [-0.05, 0) is 31.5 Å². The van der Waals surface area contributed by atoms with Crippen molar-refractivity contribution < 1.29 is 9.21 Å². The summed E-state index contributed by atoms with van der Waals surface area (Å²) in [5.74, 6) is -0.386. The van der Waals surface area contributed by atoms with E-state index in [4.69, 9.17) is 4.42 Å². The Balaban J connectivity index is 2.33. The summed E-state index contributed by atoms with van der Waals surface area (Å²) in [6.07, 6.45) is 1.10. The number of hydrogen-bond acceptors (Lipinski definition) is 3. The normalized spacial score (nSPS) is 10.8. The second-order valence-corrected chi connectivity index (χ2v) is 4.49. The Kier molecular flexibility index (Phi) is 3.19. The van der Waals surface area contributed by atoms with Crippen molar-refractivity contribution in [2.45, 2.75) is 19.8 Å². The third-order valence-corrected chi connectivity index (χ3v) is 2.89. The van der Waals surface area contributed by atoms with Gasteiger partial charge in [0.1, 0.15) is 0 Å². The summed E-state index contributed by atoms with van der Waals surface area (Å²) in [5.41, 5.74) is 2.69. The summed E-state index contributed by atoms with van der Waals surface area (Å²) in [6, 6.07) is 5.07. The van der Waals surface area contributed by atoms with Crippen molar-refractivity contribution in [3.8, 4) is 0 Å². The highest BCUT2D eigenvalue weighted by atomic mass is 16.4. The van der Waals surface area contributed by atoms with E-state index in [1.165, 1.54) is 4.57 Å². The number of fused-ring (bicyclic) bond motifs is 1. The van der Waals surface area contributed by atoms with Gasteiger partial charge in [-0.15, -0.1) is 6.58 Å². The molecule has 0 aliphatic heterocycles. The maximum atomic E-state index is 11.9. The van der Waals surface area contributed by atoms with Crippen LogP contribution < -0.4 is 5.76 Å². The van der Waals surface area contributed by atoms with E-state index < -0.39 is 5.76 Å². The van der Waals surface area contributed by atoms with Gasteiger partial charge in [-0.1, -0.05) is 5.57 Å². The molecular weight excluding hydrogens is 230 g/mol. The van der Waals surface area contributed by atoms with Gasteiger partial charge in [-0.3, -0.25) is 9.36 Å². The largest absolute Gasteiger partial charge is 0.419 e. The van der Waals surface area contributed by atoms with E-state index >= 15 is 0 Å². The molecule has 0 unspecified atom stereocenters. The highest BCUT2D eigenvalue weighted by Crippen LogP contribution is 2.16. The summed E-state index contributed by atoms with van der Waals surface area (Å²) in [4.78, 5) is 23.3. The van der Waals surface area contributed by atoms with Gasteiger partial charge in [0.25, 0.3) is 0 Å². The van der Waals surface area contributed by atoms with Gasteiger partial charge < -0.3 is 4.42 Å². The molecule has 0 atom stereocenters. The van der Waals surface area contributed by atoms with Crippen molar-refractivity contribution in [3.63, 3.8) is 0 Å². The Morgan fingerprint density at radius 1 is 1.39 bits per heavy atom. The minimum Gasteiger partial charge on any atom is -0.408 e. The third kappa shape index (κ3) is 2.27. The van der Waals surface area contributed by atoms with Crippen LogP contribution in [0.25, 0.3) is 11.1 Å². The van der Waals surface area contributed by atoms with Gasteiger partial charge in [0, 0.05) is 19.0 Å². The molecule has 94 valence electrons. The molecule has 4 heteroatoms. The molecule has 0 radical (unpaired) electrons. The van der Waals surface area contributed by atoms with Gasteiger partial charge in [0.15, 0.2) is 11.4 Å². The first-order valence-corrected chi connectivity index (χ1v) is 5.76. The molecule has 0 aliphatic carbocycles. The topological polar surface area (TPSA) is 52.2 Å². The maximum Gasteiger partial charge on any atom is 0.419 e. The van der Waals surface area contributed by atoms with E-state index in [2.05, 4.69) is 6.58 Å². The average molecular weight is 245 g/mol. The van der Waals surface area contributed by atoms with Gasteiger partial charge in [0.2, 0.25) is 0 Å². The number of ketones is 1. The molecule has 1 aromatic heterocycles. The maximum absolute atomic E-state index is 11.9. The first kappa shape index (κ1) is 12.4. The van der Waals surface area contributed by atoms with Crippen molar-refractivity contribution in [2.75, 3.05) is 0 Å². The number of carbonyl (C=O) groups is 1. The van der Waals surface area contributed by atoms with Crippen LogP contribution >= 0.6 is 0 Å². The lowest BCUT2D eigenvalue weighted by atomic mass is 10.0. The zero-order valence-electron chi connectivity index (χ0n) is 10.5. The summed E-state index contributed by atoms with van der Waals surface area (Å²) in [5, 5.41) is 0. The molecular formula is C14H15NO3. The van der Waals surface area contributed by atoms with Crippen molar-refractivity contribution in [2.24, 2.45) is 7.05 Å². The smallest absolute Gasteiger partial charge is 0.408 e. The number of nitrogens with zero attached hydrogens (tertiary/aromatic N) is 1. The number of Topliss-reactive ketones (excluding diaryl/α,β-unsaturated/α-hetero) is 1. The molecule has 2 rings (SSSR count). The Morgan fingerprint density at radius 2 is 2.11 bits per heavy atom. The Morgan fingerprint density at radius 3 is 2.78 bits per heavy atom. The van der Waals surface area contributed by atoms with Crippen LogP contribution in [0.4, 0.5) is 0 Å². The van der Waals surface area contributed by atoms with Crippen LogP contribution in [0.5, 0.6) is 0 Å². The van der Waals surface area contributed by atoms with Crippen LogP contribution in [0, 0.1) is 0 Å². The number of oxazole rings is 1. The third-order valence-electron chi connectivity index (χ3n) is 2.89. The number of aryl methyl sites for hydroxylation is 1. The average Bonchev–Trinajstić information content (AvgIpc) is 2.61. The Bertz CT molecular complexity index is 676. The standard InChI is InChI=1S/C14H15NO3/c1-9(2)4-7-12(16)10-5-6-11-13(8-10)18-14(17)15(11)3/h5-6,8H,1,4,7H2,2-3H3. The summed E-state index contributed by atoms with van der Waals surface area (Å²) >= 11 is 0. The number of hydrogen-bond donors (Lipinski definition) is 0. The van der Waals surface area contributed by atoms with Crippen LogP contribution in [-0.2, 0) is 7.05 Å². The van der Waals surface area contributed by atoms with Crippen LogP contribution in [0.2, 0.25) is 0 Å². The molecule has 0 amide bonds. The van der Waals surface area contributed by atoms with E-state index in [0.29, 0.717) is 29.5 Å². The number of allylic oxidation sites excluding steroid dienone is 1. The minimum atomic E-state index is -0.420. The zero-order chi connectivity index (χ0) is 13.3. The van der Waals surface area contributed by atoms with E-state index in [9.17, 15) is 9.59 Å². The number of rotatable bonds is 4. The van der Waals surface area contributed by atoms with E-state index in [1.807, 2.05) is 6.92 Å². The van der Waals surface area contributed by atoms with Crippen LogP contribution in [-0.4, -0.2) is 10.4 Å². The molecule has 0 saturated carbocycles. The Hall–Kier alpha value is -2.10. The summed E-state index contributed by atoms with van der Waals surface area (Å²) in [7, 11) is 1.64. The quantitative estimate of drug-likeness (QED) is 0.614. The van der Waals surface area contributed by atoms with E-state index in [1.54, 1.807) is 25.2 Å². The minimum absolute atomic E-state index is 0.0337. The molecule has 18 heavy (non-hydrogen) atoms. The lowest BCUT2D eigenvalue weighted by Gasteiger charge is -2.01. The van der Waals surface area contributed by atoms with Gasteiger partial charge in [-0.2, -0.15) is 0 Å². The monoisotopic (exact) mass is 245 g/mol. The second kappa shape index (κ2) is 4.64. The number of aromatic nitrogens is 1. The fourth-order valence-electron chi connectivity index (χ4n) is 1.78. The van der Waals surface area contributed by atoms with E-state index in [0.717, 1.165) is 5.57 Å². The van der Waals surface area contributed by atoms with Crippen molar-refractivity contribution in [1.82, 2.24) is 4.57 Å². The predicted molar refractivity (Wildman–Crippen MR) is 69.8 cm³/mol. The number of carbonyl (C=O) groups excluding carboxylic acids is 1. The molecule has 0 fully saturated rings. The van der Waals surface area contributed by atoms with Crippen LogP contribution in [0.15, 0.2) is 39.6 Å². The molecule has 4 nitrogen and oxygen atoms in total. The van der Waals surface area contributed by atoms with E-state index in [-0.39, 0.29) is 5.78 Å². The first-order valence-electron chi connectivity index (χ1n) is 5.76. The second-order valence-electron chi connectivity index (χ2n) is 4.49. The molecule has 1 aromatic carbocycles. The molecule has 0 N–H and O–H groups in total. The first-order chi connectivity index (χ1) is 8.49. The number of benzene rings is 1. The Labute approximate surface area is 105 Å². The molecule has 0 bridgehead atoms.